The lowest BCUT2D eigenvalue weighted by Crippen LogP contribution is -2.39. The maximum absolute atomic E-state index is 12.4. The van der Waals surface area contributed by atoms with Crippen molar-refractivity contribution in [1.82, 2.24) is 5.32 Å². The highest BCUT2D eigenvalue weighted by atomic mass is 79.9. The molecule has 0 aliphatic carbocycles. The number of aryl methyl sites for hydroxylation is 1. The number of halogens is 1. The third-order valence-corrected chi connectivity index (χ3v) is 4.10. The Morgan fingerprint density at radius 1 is 1.33 bits per heavy atom. The first-order valence-electron chi connectivity index (χ1n) is 6.88. The molecule has 0 radical (unpaired) electrons. The van der Waals surface area contributed by atoms with Crippen molar-refractivity contribution in [2.45, 2.75) is 46.6 Å². The van der Waals surface area contributed by atoms with Crippen LogP contribution in [0.5, 0.6) is 0 Å². The topological polar surface area (TPSA) is 66.4 Å². The highest BCUT2D eigenvalue weighted by Crippen LogP contribution is 2.24. The molecular formula is C16H22BrNO3. The summed E-state index contributed by atoms with van der Waals surface area (Å²) in [4.78, 5) is 23.3. The van der Waals surface area contributed by atoms with Gasteiger partial charge in [-0.15, -0.1) is 0 Å². The van der Waals surface area contributed by atoms with Crippen LogP contribution < -0.4 is 5.32 Å². The predicted octanol–water partition coefficient (Wildman–Crippen LogP) is 3.77. The van der Waals surface area contributed by atoms with Gasteiger partial charge in [-0.3, -0.25) is 9.59 Å². The Morgan fingerprint density at radius 2 is 1.95 bits per heavy atom. The van der Waals surface area contributed by atoms with Crippen molar-refractivity contribution in [2.24, 2.45) is 5.41 Å². The standard InChI is InChI=1S/C16H22BrNO3/c1-10-6-5-7-12(14(10)17)15(21)18-11(8-13(19)20)9-16(2,3)4/h5-7,11H,8-9H2,1-4H3,(H,18,21)(H,19,20). The second-order valence-corrected chi connectivity index (χ2v) is 7.26. The Kier molecular flexibility index (Phi) is 5.96. The van der Waals surface area contributed by atoms with Crippen LogP contribution in [0.2, 0.25) is 0 Å². The molecule has 1 atom stereocenters. The quantitative estimate of drug-likeness (QED) is 0.844. The molecule has 2 N–H and O–H groups in total. The molecule has 21 heavy (non-hydrogen) atoms. The monoisotopic (exact) mass is 355 g/mol. The summed E-state index contributed by atoms with van der Waals surface area (Å²) < 4.78 is 0.743. The highest BCUT2D eigenvalue weighted by Gasteiger charge is 2.24. The van der Waals surface area contributed by atoms with Crippen molar-refractivity contribution in [3.63, 3.8) is 0 Å². The fraction of sp³-hybridized carbons (Fsp3) is 0.500. The minimum absolute atomic E-state index is 0.0583. The number of nitrogens with one attached hydrogen (secondary N) is 1. The lowest BCUT2D eigenvalue weighted by atomic mass is 9.87. The average molecular weight is 356 g/mol. The SMILES string of the molecule is Cc1cccc(C(=O)NC(CC(=O)O)CC(C)(C)C)c1Br. The van der Waals surface area contributed by atoms with E-state index in [0.29, 0.717) is 12.0 Å². The van der Waals surface area contributed by atoms with Crippen LogP contribution in [0.3, 0.4) is 0 Å². The summed E-state index contributed by atoms with van der Waals surface area (Å²) in [5.41, 5.74) is 1.43. The molecular weight excluding hydrogens is 334 g/mol. The first kappa shape index (κ1) is 17.7. The van der Waals surface area contributed by atoms with E-state index in [-0.39, 0.29) is 23.8 Å². The van der Waals surface area contributed by atoms with E-state index in [1.54, 1.807) is 6.07 Å². The first-order valence-corrected chi connectivity index (χ1v) is 7.67. The van der Waals surface area contributed by atoms with E-state index in [0.717, 1.165) is 10.0 Å². The molecule has 1 amide bonds. The largest absolute Gasteiger partial charge is 0.481 e. The number of amides is 1. The number of hydrogen-bond acceptors (Lipinski definition) is 2. The Bertz CT molecular complexity index is 535. The molecule has 0 saturated heterocycles. The Balaban J connectivity index is 2.89. The number of carbonyl (C=O) groups excluding carboxylic acids is 1. The number of carboxylic acid groups (broad SMARTS) is 1. The summed E-state index contributed by atoms with van der Waals surface area (Å²) in [5.74, 6) is -1.16. The number of carbonyl (C=O) groups is 2. The van der Waals surface area contributed by atoms with Gasteiger partial charge in [0.1, 0.15) is 0 Å². The zero-order valence-electron chi connectivity index (χ0n) is 12.9. The van der Waals surface area contributed by atoms with E-state index in [9.17, 15) is 9.59 Å². The molecule has 5 heteroatoms. The summed E-state index contributed by atoms with van der Waals surface area (Å²) in [6.45, 7) is 7.98. The van der Waals surface area contributed by atoms with Crippen LogP contribution in [0.25, 0.3) is 0 Å². The Labute approximate surface area is 134 Å². The number of carboxylic acids is 1. The summed E-state index contributed by atoms with van der Waals surface area (Å²) >= 11 is 3.41. The van der Waals surface area contributed by atoms with Gasteiger partial charge in [-0.05, 0) is 46.3 Å². The number of hydrogen-bond donors (Lipinski definition) is 2. The zero-order valence-corrected chi connectivity index (χ0v) is 14.5. The molecule has 0 spiro atoms. The molecule has 0 saturated carbocycles. The minimum atomic E-state index is -0.909. The van der Waals surface area contributed by atoms with Crippen molar-refractivity contribution in [2.75, 3.05) is 0 Å². The smallest absolute Gasteiger partial charge is 0.305 e. The van der Waals surface area contributed by atoms with E-state index in [1.165, 1.54) is 0 Å². The summed E-state index contributed by atoms with van der Waals surface area (Å²) in [7, 11) is 0. The molecule has 4 nitrogen and oxygen atoms in total. The van der Waals surface area contributed by atoms with Gasteiger partial charge in [-0.2, -0.15) is 0 Å². The van der Waals surface area contributed by atoms with Gasteiger partial charge in [0.25, 0.3) is 5.91 Å². The molecule has 0 heterocycles. The van der Waals surface area contributed by atoms with Gasteiger partial charge in [-0.25, -0.2) is 0 Å². The molecule has 0 aliphatic heterocycles. The fourth-order valence-electron chi connectivity index (χ4n) is 2.21. The number of aliphatic carboxylic acids is 1. The molecule has 0 bridgehead atoms. The van der Waals surface area contributed by atoms with Crippen LogP contribution in [0.1, 0.15) is 49.5 Å². The van der Waals surface area contributed by atoms with Gasteiger partial charge in [-0.1, -0.05) is 32.9 Å². The van der Waals surface area contributed by atoms with Crippen molar-refractivity contribution >= 4 is 27.8 Å². The van der Waals surface area contributed by atoms with Gasteiger partial charge in [0.05, 0.1) is 12.0 Å². The fourth-order valence-corrected chi connectivity index (χ4v) is 2.65. The summed E-state index contributed by atoms with van der Waals surface area (Å²) in [5, 5.41) is 11.8. The van der Waals surface area contributed by atoms with Crippen molar-refractivity contribution in [3.05, 3.63) is 33.8 Å². The van der Waals surface area contributed by atoms with E-state index in [4.69, 9.17) is 5.11 Å². The van der Waals surface area contributed by atoms with E-state index in [2.05, 4.69) is 21.2 Å². The molecule has 116 valence electrons. The van der Waals surface area contributed by atoms with Crippen LogP contribution in [0.15, 0.2) is 22.7 Å². The van der Waals surface area contributed by atoms with E-state index >= 15 is 0 Å². The summed E-state index contributed by atoms with van der Waals surface area (Å²) in [6.07, 6.45) is 0.529. The third kappa shape index (κ3) is 5.87. The second kappa shape index (κ2) is 7.07. The molecule has 0 fully saturated rings. The lowest BCUT2D eigenvalue weighted by molar-refractivity contribution is -0.137. The van der Waals surface area contributed by atoms with Crippen LogP contribution in [-0.4, -0.2) is 23.0 Å². The van der Waals surface area contributed by atoms with Crippen molar-refractivity contribution in [3.8, 4) is 0 Å². The van der Waals surface area contributed by atoms with Gasteiger partial charge < -0.3 is 10.4 Å². The van der Waals surface area contributed by atoms with Crippen molar-refractivity contribution < 1.29 is 14.7 Å². The summed E-state index contributed by atoms with van der Waals surface area (Å²) in [6, 6.07) is 5.05. The Morgan fingerprint density at radius 3 is 2.48 bits per heavy atom. The second-order valence-electron chi connectivity index (χ2n) is 6.47. The molecule has 1 rings (SSSR count). The van der Waals surface area contributed by atoms with Crippen LogP contribution in [-0.2, 0) is 4.79 Å². The molecule has 0 aliphatic rings. The van der Waals surface area contributed by atoms with Crippen LogP contribution in [0, 0.1) is 12.3 Å². The predicted molar refractivity (Wildman–Crippen MR) is 86.5 cm³/mol. The number of benzene rings is 1. The third-order valence-electron chi connectivity index (χ3n) is 3.05. The molecule has 0 aromatic heterocycles. The zero-order chi connectivity index (χ0) is 16.2. The van der Waals surface area contributed by atoms with Gasteiger partial charge in [0, 0.05) is 10.5 Å². The van der Waals surface area contributed by atoms with E-state index < -0.39 is 5.97 Å². The van der Waals surface area contributed by atoms with E-state index in [1.807, 2.05) is 39.8 Å². The van der Waals surface area contributed by atoms with Gasteiger partial charge >= 0.3 is 5.97 Å². The lowest BCUT2D eigenvalue weighted by Gasteiger charge is -2.26. The maximum Gasteiger partial charge on any atom is 0.305 e. The van der Waals surface area contributed by atoms with Crippen LogP contribution in [0.4, 0.5) is 0 Å². The molecule has 1 unspecified atom stereocenters. The first-order chi connectivity index (χ1) is 9.60. The number of rotatable bonds is 5. The Hall–Kier alpha value is -1.36. The van der Waals surface area contributed by atoms with Gasteiger partial charge in [0.15, 0.2) is 0 Å². The highest BCUT2D eigenvalue weighted by molar-refractivity contribution is 9.10. The average Bonchev–Trinajstić information content (AvgIpc) is 2.29. The van der Waals surface area contributed by atoms with Gasteiger partial charge in [0.2, 0.25) is 0 Å². The maximum atomic E-state index is 12.4. The minimum Gasteiger partial charge on any atom is -0.481 e. The van der Waals surface area contributed by atoms with Crippen molar-refractivity contribution in [1.29, 1.82) is 0 Å². The molecule has 1 aromatic rings. The molecule has 1 aromatic carbocycles. The van der Waals surface area contributed by atoms with Crippen LogP contribution >= 0.6 is 15.9 Å². The normalized spacial score (nSPS) is 12.8.